The molecule has 1 saturated heterocycles. The van der Waals surface area contributed by atoms with Crippen LogP contribution in [0.5, 0.6) is 0 Å². The summed E-state index contributed by atoms with van der Waals surface area (Å²) in [4.78, 5) is 37.4. The van der Waals surface area contributed by atoms with Crippen LogP contribution in [0, 0.1) is 0 Å². The van der Waals surface area contributed by atoms with E-state index in [1.54, 1.807) is 6.92 Å². The summed E-state index contributed by atoms with van der Waals surface area (Å²) < 4.78 is 5.23. The van der Waals surface area contributed by atoms with Gasteiger partial charge in [0, 0.05) is 13.1 Å². The van der Waals surface area contributed by atoms with Gasteiger partial charge in [-0.15, -0.1) is 0 Å². The van der Waals surface area contributed by atoms with E-state index in [1.165, 1.54) is 9.80 Å². The number of aldehydes is 1. The van der Waals surface area contributed by atoms with Crippen molar-refractivity contribution in [2.75, 3.05) is 19.6 Å². The Bertz CT molecular complexity index is 518. The van der Waals surface area contributed by atoms with Crippen LogP contribution in [0.1, 0.15) is 12.5 Å². The Labute approximate surface area is 123 Å². The maximum atomic E-state index is 12.1. The number of rotatable bonds is 4. The van der Waals surface area contributed by atoms with E-state index in [2.05, 4.69) is 0 Å². The van der Waals surface area contributed by atoms with Gasteiger partial charge in [-0.25, -0.2) is 4.79 Å². The van der Waals surface area contributed by atoms with Crippen LogP contribution in [-0.2, 0) is 20.9 Å². The number of nitrogens with zero attached hydrogens (tertiary/aromatic N) is 2. The van der Waals surface area contributed by atoms with E-state index in [4.69, 9.17) is 4.74 Å². The average Bonchev–Trinajstić information content (AvgIpc) is 2.51. The first-order valence-corrected chi connectivity index (χ1v) is 6.83. The zero-order valence-electron chi connectivity index (χ0n) is 11.9. The average molecular weight is 290 g/mol. The Morgan fingerprint density at radius 3 is 2.71 bits per heavy atom. The summed E-state index contributed by atoms with van der Waals surface area (Å²) in [5.41, 5.74) is 0.893. The molecule has 1 aliphatic heterocycles. The molecular weight excluding hydrogens is 272 g/mol. The van der Waals surface area contributed by atoms with E-state index >= 15 is 0 Å². The summed E-state index contributed by atoms with van der Waals surface area (Å²) in [5.74, 6) is -0.231. The highest BCUT2D eigenvalue weighted by Crippen LogP contribution is 2.13. The molecular formula is C15H18N2O4. The number of carbonyl (C=O) groups is 3. The van der Waals surface area contributed by atoms with Crippen molar-refractivity contribution in [3.8, 4) is 0 Å². The van der Waals surface area contributed by atoms with Crippen molar-refractivity contribution in [1.82, 2.24) is 9.80 Å². The second-order valence-corrected chi connectivity index (χ2v) is 4.86. The molecule has 1 aromatic rings. The van der Waals surface area contributed by atoms with E-state index in [0.717, 1.165) is 5.56 Å². The second kappa shape index (κ2) is 6.88. The Balaban J connectivity index is 1.91. The molecule has 0 spiro atoms. The summed E-state index contributed by atoms with van der Waals surface area (Å²) in [6.07, 6.45) is 0.180. The van der Waals surface area contributed by atoms with Crippen LogP contribution in [-0.4, -0.2) is 53.8 Å². The summed E-state index contributed by atoms with van der Waals surface area (Å²) in [6.45, 7) is 2.60. The van der Waals surface area contributed by atoms with Crippen molar-refractivity contribution in [2.45, 2.75) is 19.6 Å². The lowest BCUT2D eigenvalue weighted by Gasteiger charge is -2.37. The van der Waals surface area contributed by atoms with Gasteiger partial charge >= 0.3 is 6.09 Å². The lowest BCUT2D eigenvalue weighted by Crippen LogP contribution is -2.57. The molecule has 1 aliphatic rings. The molecule has 1 atom stereocenters. The van der Waals surface area contributed by atoms with Crippen LogP contribution in [0.25, 0.3) is 0 Å². The standard InChI is InChI=1S/C15H18N2O4/c1-12-14(19)16(9-10-18)7-8-17(12)15(20)21-11-13-5-3-2-4-6-13/h2-6,10,12H,7-9,11H2,1H3. The van der Waals surface area contributed by atoms with E-state index in [0.29, 0.717) is 19.4 Å². The molecule has 0 N–H and O–H groups in total. The number of carbonyl (C=O) groups excluding carboxylic acids is 3. The lowest BCUT2D eigenvalue weighted by molar-refractivity contribution is -0.141. The van der Waals surface area contributed by atoms with Crippen molar-refractivity contribution >= 4 is 18.3 Å². The topological polar surface area (TPSA) is 66.9 Å². The largest absolute Gasteiger partial charge is 0.445 e. The molecule has 0 aromatic heterocycles. The molecule has 2 rings (SSSR count). The zero-order chi connectivity index (χ0) is 15.2. The molecule has 0 radical (unpaired) electrons. The number of amides is 2. The van der Waals surface area contributed by atoms with Gasteiger partial charge in [-0.1, -0.05) is 30.3 Å². The van der Waals surface area contributed by atoms with Gasteiger partial charge in [-0.05, 0) is 12.5 Å². The first kappa shape index (κ1) is 15.0. The smallest absolute Gasteiger partial charge is 0.410 e. The number of hydrogen-bond donors (Lipinski definition) is 0. The highest BCUT2D eigenvalue weighted by atomic mass is 16.6. The fourth-order valence-electron chi connectivity index (χ4n) is 2.25. The Morgan fingerprint density at radius 2 is 2.05 bits per heavy atom. The first-order valence-electron chi connectivity index (χ1n) is 6.83. The minimum atomic E-state index is -0.609. The number of ether oxygens (including phenoxy) is 1. The second-order valence-electron chi connectivity index (χ2n) is 4.86. The number of piperazine rings is 1. The van der Waals surface area contributed by atoms with Gasteiger partial charge < -0.3 is 14.4 Å². The molecule has 1 aromatic carbocycles. The van der Waals surface area contributed by atoms with Gasteiger partial charge in [0.15, 0.2) is 0 Å². The minimum absolute atomic E-state index is 0.0656. The molecule has 0 bridgehead atoms. The maximum Gasteiger partial charge on any atom is 0.410 e. The molecule has 112 valence electrons. The zero-order valence-corrected chi connectivity index (χ0v) is 11.9. The maximum absolute atomic E-state index is 12.1. The summed E-state index contributed by atoms with van der Waals surface area (Å²) in [6, 6.07) is 8.75. The molecule has 1 fully saturated rings. The fourth-order valence-corrected chi connectivity index (χ4v) is 2.25. The van der Waals surface area contributed by atoms with Gasteiger partial charge in [0.1, 0.15) is 18.9 Å². The molecule has 1 heterocycles. The highest BCUT2D eigenvalue weighted by Gasteiger charge is 2.34. The summed E-state index contributed by atoms with van der Waals surface area (Å²) >= 11 is 0. The first-order chi connectivity index (χ1) is 10.1. The van der Waals surface area contributed by atoms with Crippen LogP contribution in [0.3, 0.4) is 0 Å². The quantitative estimate of drug-likeness (QED) is 0.778. The number of benzene rings is 1. The lowest BCUT2D eigenvalue weighted by atomic mass is 10.2. The Hall–Kier alpha value is -2.37. The number of hydrogen-bond acceptors (Lipinski definition) is 4. The van der Waals surface area contributed by atoms with E-state index in [1.807, 2.05) is 30.3 Å². The third-order valence-electron chi connectivity index (χ3n) is 3.48. The van der Waals surface area contributed by atoms with Gasteiger partial charge in [0.25, 0.3) is 0 Å². The van der Waals surface area contributed by atoms with Gasteiger partial charge in [0.05, 0.1) is 6.54 Å². The van der Waals surface area contributed by atoms with Crippen molar-refractivity contribution in [1.29, 1.82) is 0 Å². The van der Waals surface area contributed by atoms with Crippen LogP contribution >= 0.6 is 0 Å². The normalized spacial score (nSPS) is 18.5. The van der Waals surface area contributed by atoms with Crippen LogP contribution in [0.2, 0.25) is 0 Å². The molecule has 6 heteroatoms. The van der Waals surface area contributed by atoms with Gasteiger partial charge in [-0.3, -0.25) is 9.69 Å². The van der Waals surface area contributed by atoms with E-state index in [9.17, 15) is 14.4 Å². The molecule has 0 aliphatic carbocycles. The molecule has 6 nitrogen and oxygen atoms in total. The summed E-state index contributed by atoms with van der Waals surface area (Å²) in [5, 5.41) is 0. The Kier molecular flexibility index (Phi) is 4.92. The SMILES string of the molecule is CC1C(=O)N(CC=O)CCN1C(=O)OCc1ccccc1. The summed E-state index contributed by atoms with van der Waals surface area (Å²) in [7, 11) is 0. The predicted octanol–water partition coefficient (Wildman–Crippen LogP) is 1.05. The van der Waals surface area contributed by atoms with Crippen molar-refractivity contribution in [3.05, 3.63) is 35.9 Å². The minimum Gasteiger partial charge on any atom is -0.445 e. The van der Waals surface area contributed by atoms with Crippen molar-refractivity contribution in [2.24, 2.45) is 0 Å². The third-order valence-corrected chi connectivity index (χ3v) is 3.48. The monoisotopic (exact) mass is 290 g/mol. The van der Waals surface area contributed by atoms with Crippen LogP contribution in [0.15, 0.2) is 30.3 Å². The highest BCUT2D eigenvalue weighted by molar-refractivity contribution is 5.87. The predicted molar refractivity (Wildman–Crippen MR) is 75.4 cm³/mol. The van der Waals surface area contributed by atoms with Gasteiger partial charge in [-0.2, -0.15) is 0 Å². The molecule has 1 unspecified atom stereocenters. The Morgan fingerprint density at radius 1 is 1.33 bits per heavy atom. The molecule has 2 amide bonds. The van der Waals surface area contributed by atoms with Crippen molar-refractivity contribution in [3.63, 3.8) is 0 Å². The molecule has 21 heavy (non-hydrogen) atoms. The van der Waals surface area contributed by atoms with E-state index < -0.39 is 12.1 Å². The van der Waals surface area contributed by atoms with Gasteiger partial charge in [0.2, 0.25) is 5.91 Å². The molecule has 0 saturated carbocycles. The third kappa shape index (κ3) is 3.59. The van der Waals surface area contributed by atoms with E-state index in [-0.39, 0.29) is 19.1 Å². The fraction of sp³-hybridized carbons (Fsp3) is 0.400. The van der Waals surface area contributed by atoms with Crippen molar-refractivity contribution < 1.29 is 19.1 Å². The van der Waals surface area contributed by atoms with Crippen LogP contribution < -0.4 is 0 Å². The van der Waals surface area contributed by atoms with Crippen LogP contribution in [0.4, 0.5) is 4.79 Å².